The summed E-state index contributed by atoms with van der Waals surface area (Å²) in [5.74, 6) is 0.858. The van der Waals surface area contributed by atoms with Crippen molar-refractivity contribution in [1.82, 2.24) is 0 Å². The van der Waals surface area contributed by atoms with Crippen LogP contribution in [-0.2, 0) is 22.3 Å². The Hall–Kier alpha value is -1.75. The van der Waals surface area contributed by atoms with Crippen LogP contribution in [0, 0.1) is 6.92 Å². The zero-order valence-corrected chi connectivity index (χ0v) is 12.4. The molecule has 2 nitrogen and oxygen atoms in total. The van der Waals surface area contributed by atoms with Crippen molar-refractivity contribution in [2.24, 2.45) is 0 Å². The maximum Gasteiger partial charge on any atom is 0.387 e. The number of aryl methyl sites for hydroxylation is 1. The summed E-state index contributed by atoms with van der Waals surface area (Å²) in [5, 5.41) is 0. The summed E-state index contributed by atoms with van der Waals surface area (Å²) in [5.41, 5.74) is 2.86. The number of hydrogen-bond donors (Lipinski definition) is 0. The number of hydrogen-bond acceptors (Lipinski definition) is 2. The van der Waals surface area contributed by atoms with Crippen molar-refractivity contribution in [1.29, 1.82) is 0 Å². The summed E-state index contributed by atoms with van der Waals surface area (Å²) in [6, 6.07) is 14.1. The largest absolute Gasteiger partial charge is 0.435 e. The lowest BCUT2D eigenvalue weighted by atomic mass is 10.1. The van der Waals surface area contributed by atoms with Gasteiger partial charge >= 0.3 is 6.61 Å². The molecule has 0 saturated heterocycles. The first kappa shape index (κ1) is 15.6. The topological polar surface area (TPSA) is 26.3 Å². The van der Waals surface area contributed by atoms with E-state index in [9.17, 15) is 13.0 Å². The second kappa shape index (κ2) is 7.31. The van der Waals surface area contributed by atoms with Gasteiger partial charge < -0.3 is 4.74 Å². The van der Waals surface area contributed by atoms with Gasteiger partial charge in [-0.3, -0.25) is 4.21 Å². The maximum atomic E-state index is 12.2. The molecule has 0 aliphatic carbocycles. The Labute approximate surface area is 125 Å². The van der Waals surface area contributed by atoms with Gasteiger partial charge in [0.25, 0.3) is 0 Å². The molecule has 0 aliphatic rings. The van der Waals surface area contributed by atoms with Crippen molar-refractivity contribution in [3.8, 4) is 5.75 Å². The molecular formula is C16H16F2O2S. The van der Waals surface area contributed by atoms with Gasteiger partial charge in [0.05, 0.1) is 0 Å². The van der Waals surface area contributed by atoms with E-state index in [4.69, 9.17) is 0 Å². The molecule has 0 N–H and O–H groups in total. The molecule has 2 aromatic carbocycles. The first-order valence-corrected chi connectivity index (χ1v) is 7.96. The van der Waals surface area contributed by atoms with Crippen molar-refractivity contribution in [2.45, 2.75) is 25.0 Å². The van der Waals surface area contributed by atoms with Crippen LogP contribution < -0.4 is 4.74 Å². The second-order valence-electron chi connectivity index (χ2n) is 4.68. The minimum absolute atomic E-state index is 0.0930. The van der Waals surface area contributed by atoms with E-state index >= 15 is 0 Å². The first-order valence-electron chi connectivity index (χ1n) is 6.48. The molecule has 21 heavy (non-hydrogen) atoms. The van der Waals surface area contributed by atoms with Crippen LogP contribution in [0.2, 0.25) is 0 Å². The van der Waals surface area contributed by atoms with E-state index in [-0.39, 0.29) is 5.75 Å². The third kappa shape index (κ3) is 4.93. The molecule has 2 rings (SSSR count). The third-order valence-electron chi connectivity index (χ3n) is 3.03. The average molecular weight is 310 g/mol. The zero-order valence-electron chi connectivity index (χ0n) is 11.6. The zero-order chi connectivity index (χ0) is 15.2. The quantitative estimate of drug-likeness (QED) is 0.805. The van der Waals surface area contributed by atoms with Gasteiger partial charge in [-0.25, -0.2) is 0 Å². The molecule has 0 heterocycles. The van der Waals surface area contributed by atoms with Crippen molar-refractivity contribution < 1.29 is 17.7 Å². The maximum absolute atomic E-state index is 12.2. The van der Waals surface area contributed by atoms with E-state index in [1.807, 2.05) is 31.2 Å². The molecule has 0 amide bonds. The van der Waals surface area contributed by atoms with E-state index in [1.54, 1.807) is 12.1 Å². The molecule has 112 valence electrons. The first-order chi connectivity index (χ1) is 10.0. The predicted molar refractivity (Wildman–Crippen MR) is 79.8 cm³/mol. The molecule has 0 aromatic heterocycles. The second-order valence-corrected chi connectivity index (χ2v) is 6.14. The van der Waals surface area contributed by atoms with Crippen LogP contribution in [0.5, 0.6) is 5.75 Å². The molecule has 0 saturated carbocycles. The lowest BCUT2D eigenvalue weighted by Crippen LogP contribution is -2.04. The Balaban J connectivity index is 2.01. The van der Waals surface area contributed by atoms with Crippen LogP contribution in [0.15, 0.2) is 48.5 Å². The highest BCUT2D eigenvalue weighted by molar-refractivity contribution is 7.83. The average Bonchev–Trinajstić information content (AvgIpc) is 2.41. The Morgan fingerprint density at radius 1 is 1.10 bits per heavy atom. The summed E-state index contributed by atoms with van der Waals surface area (Å²) in [4.78, 5) is 0. The highest BCUT2D eigenvalue weighted by Crippen LogP contribution is 2.18. The van der Waals surface area contributed by atoms with Crippen molar-refractivity contribution >= 4 is 10.8 Å². The Morgan fingerprint density at radius 3 is 2.57 bits per heavy atom. The minimum atomic E-state index is -2.85. The van der Waals surface area contributed by atoms with Gasteiger partial charge in [-0.15, -0.1) is 0 Å². The number of halogens is 2. The fourth-order valence-corrected chi connectivity index (χ4v) is 3.32. The molecule has 2 aromatic rings. The summed E-state index contributed by atoms with van der Waals surface area (Å²) in [7, 11) is -1.10. The van der Waals surface area contributed by atoms with Gasteiger partial charge in [-0.1, -0.05) is 36.4 Å². The van der Waals surface area contributed by atoms with E-state index in [0.717, 1.165) is 16.7 Å². The van der Waals surface area contributed by atoms with E-state index in [0.29, 0.717) is 11.5 Å². The van der Waals surface area contributed by atoms with Crippen LogP contribution in [0.1, 0.15) is 16.7 Å². The van der Waals surface area contributed by atoms with Crippen molar-refractivity contribution in [3.05, 3.63) is 65.2 Å². The molecule has 0 radical (unpaired) electrons. The van der Waals surface area contributed by atoms with Gasteiger partial charge in [-0.05, 0) is 35.7 Å². The highest BCUT2D eigenvalue weighted by Gasteiger charge is 2.08. The number of benzene rings is 2. The summed E-state index contributed by atoms with van der Waals surface area (Å²) in [6.45, 7) is -0.874. The fourth-order valence-electron chi connectivity index (χ4n) is 1.99. The fraction of sp³-hybridized carbons (Fsp3) is 0.250. The van der Waals surface area contributed by atoms with Crippen LogP contribution in [0.3, 0.4) is 0 Å². The van der Waals surface area contributed by atoms with Gasteiger partial charge in [0.15, 0.2) is 0 Å². The van der Waals surface area contributed by atoms with E-state index in [2.05, 4.69) is 4.74 Å². The Kier molecular flexibility index (Phi) is 5.44. The Morgan fingerprint density at radius 2 is 1.86 bits per heavy atom. The highest BCUT2D eigenvalue weighted by atomic mass is 32.2. The van der Waals surface area contributed by atoms with Gasteiger partial charge in [0.2, 0.25) is 0 Å². The van der Waals surface area contributed by atoms with Crippen LogP contribution >= 0.6 is 0 Å². The number of alkyl halides is 2. The third-order valence-corrected chi connectivity index (χ3v) is 4.32. The number of ether oxygens (including phenoxy) is 1. The molecule has 5 heteroatoms. The Bertz CT molecular complexity index is 629. The van der Waals surface area contributed by atoms with Crippen molar-refractivity contribution in [3.63, 3.8) is 0 Å². The van der Waals surface area contributed by atoms with Crippen LogP contribution in [0.4, 0.5) is 8.78 Å². The van der Waals surface area contributed by atoms with Crippen molar-refractivity contribution in [2.75, 3.05) is 0 Å². The number of rotatable bonds is 6. The lowest BCUT2D eigenvalue weighted by molar-refractivity contribution is -0.0498. The smallest absolute Gasteiger partial charge is 0.387 e. The predicted octanol–water partition coefficient (Wildman–Crippen LogP) is 4.05. The summed E-state index contributed by atoms with van der Waals surface area (Å²) >= 11 is 0. The normalized spacial score (nSPS) is 12.4. The van der Waals surface area contributed by atoms with E-state index in [1.165, 1.54) is 12.1 Å². The van der Waals surface area contributed by atoms with Gasteiger partial charge in [0.1, 0.15) is 5.75 Å². The van der Waals surface area contributed by atoms with Gasteiger partial charge in [0, 0.05) is 22.3 Å². The van der Waals surface area contributed by atoms with Crippen LogP contribution in [-0.4, -0.2) is 10.8 Å². The van der Waals surface area contributed by atoms with E-state index < -0.39 is 17.4 Å². The van der Waals surface area contributed by atoms with Gasteiger partial charge in [-0.2, -0.15) is 8.78 Å². The monoisotopic (exact) mass is 310 g/mol. The molecule has 0 bridgehead atoms. The lowest BCUT2D eigenvalue weighted by Gasteiger charge is -2.08. The summed E-state index contributed by atoms with van der Waals surface area (Å²) < 4.78 is 40.9. The van der Waals surface area contributed by atoms with Crippen LogP contribution in [0.25, 0.3) is 0 Å². The molecule has 0 unspecified atom stereocenters. The molecular weight excluding hydrogens is 294 g/mol. The standard InChI is InChI=1S/C16H16F2O2S/c1-12-5-2-3-7-14(12)11-21(19)10-13-6-4-8-15(9-13)20-16(17)18/h2-9,16H,10-11H2,1H3/t21-/m1/s1. The minimum Gasteiger partial charge on any atom is -0.435 e. The SMILES string of the molecule is Cc1ccccc1C[S@](=O)Cc1cccc(OC(F)F)c1. The molecule has 0 aliphatic heterocycles. The summed E-state index contributed by atoms with van der Waals surface area (Å²) in [6.07, 6.45) is 0. The molecule has 1 atom stereocenters. The molecule has 0 fully saturated rings. The molecule has 0 spiro atoms.